The summed E-state index contributed by atoms with van der Waals surface area (Å²) in [4.78, 5) is 6.67. The predicted molar refractivity (Wildman–Crippen MR) is 69.2 cm³/mol. The molecule has 16 heavy (non-hydrogen) atoms. The van der Waals surface area contributed by atoms with Crippen LogP contribution in [0.5, 0.6) is 0 Å². The highest BCUT2D eigenvalue weighted by Crippen LogP contribution is 2.34. The lowest BCUT2D eigenvalue weighted by atomic mass is 10.4. The van der Waals surface area contributed by atoms with Crippen LogP contribution >= 0.6 is 27.5 Å². The molecule has 0 saturated heterocycles. The van der Waals surface area contributed by atoms with Crippen molar-refractivity contribution >= 4 is 33.3 Å². The molecule has 5 heteroatoms. The molecule has 1 aromatic rings. The molecule has 0 bridgehead atoms. The fourth-order valence-corrected chi connectivity index (χ4v) is 2.52. The maximum Gasteiger partial charge on any atom is 0.143 e. The van der Waals surface area contributed by atoms with Gasteiger partial charge >= 0.3 is 0 Å². The fourth-order valence-electron chi connectivity index (χ4n) is 1.66. The first-order chi connectivity index (χ1) is 7.72. The summed E-state index contributed by atoms with van der Waals surface area (Å²) in [5, 5.41) is 0.651. The van der Waals surface area contributed by atoms with Crippen LogP contribution < -0.4 is 4.90 Å². The van der Waals surface area contributed by atoms with Crippen LogP contribution in [0.25, 0.3) is 0 Å². The third-order valence-electron chi connectivity index (χ3n) is 2.58. The standard InChI is InChI=1S/C11H14BrClN2O/c1-16-5-4-15(9-2-3-9)11-10(12)6-8(13)7-14-11/h6-7,9H,2-5H2,1H3. The van der Waals surface area contributed by atoms with E-state index in [4.69, 9.17) is 16.3 Å². The molecule has 1 aliphatic carbocycles. The highest BCUT2D eigenvalue weighted by Gasteiger charge is 2.30. The Kier molecular flexibility index (Phi) is 4.05. The number of ether oxygens (including phenoxy) is 1. The zero-order chi connectivity index (χ0) is 11.5. The van der Waals surface area contributed by atoms with Crippen LogP contribution in [0.1, 0.15) is 12.8 Å². The molecule has 0 spiro atoms. The van der Waals surface area contributed by atoms with Crippen molar-refractivity contribution < 1.29 is 4.74 Å². The molecule has 0 radical (unpaired) electrons. The fraction of sp³-hybridized carbons (Fsp3) is 0.545. The molecule has 1 aromatic heterocycles. The summed E-state index contributed by atoms with van der Waals surface area (Å²) in [6.45, 7) is 1.58. The van der Waals surface area contributed by atoms with Crippen LogP contribution in [0, 0.1) is 0 Å². The number of hydrogen-bond acceptors (Lipinski definition) is 3. The van der Waals surface area contributed by atoms with E-state index >= 15 is 0 Å². The number of rotatable bonds is 5. The first-order valence-electron chi connectivity index (χ1n) is 5.29. The van der Waals surface area contributed by atoms with E-state index < -0.39 is 0 Å². The van der Waals surface area contributed by atoms with Crippen molar-refractivity contribution in [2.24, 2.45) is 0 Å². The zero-order valence-electron chi connectivity index (χ0n) is 9.12. The summed E-state index contributed by atoms with van der Waals surface area (Å²) in [7, 11) is 1.72. The topological polar surface area (TPSA) is 25.4 Å². The van der Waals surface area contributed by atoms with E-state index in [9.17, 15) is 0 Å². The molecule has 0 atom stereocenters. The van der Waals surface area contributed by atoms with E-state index in [1.807, 2.05) is 6.07 Å². The molecule has 1 saturated carbocycles. The van der Waals surface area contributed by atoms with Crippen LogP contribution in [0.4, 0.5) is 5.82 Å². The summed E-state index contributed by atoms with van der Waals surface area (Å²) in [6.07, 6.45) is 4.16. The van der Waals surface area contributed by atoms with Gasteiger partial charge in [0, 0.05) is 25.9 Å². The molecular weight excluding hydrogens is 291 g/mol. The van der Waals surface area contributed by atoms with Crippen LogP contribution in [-0.2, 0) is 4.74 Å². The quantitative estimate of drug-likeness (QED) is 0.836. The smallest absolute Gasteiger partial charge is 0.143 e. The van der Waals surface area contributed by atoms with Crippen molar-refractivity contribution in [3.05, 3.63) is 21.8 Å². The lowest BCUT2D eigenvalue weighted by Gasteiger charge is -2.24. The van der Waals surface area contributed by atoms with Crippen LogP contribution in [0.2, 0.25) is 5.02 Å². The summed E-state index contributed by atoms with van der Waals surface area (Å²) in [5.74, 6) is 0.962. The number of aromatic nitrogens is 1. The Morgan fingerprint density at radius 3 is 2.94 bits per heavy atom. The van der Waals surface area contributed by atoms with E-state index in [-0.39, 0.29) is 0 Å². The molecule has 3 nitrogen and oxygen atoms in total. The molecule has 0 amide bonds. The van der Waals surface area contributed by atoms with Crippen molar-refractivity contribution in [1.82, 2.24) is 4.98 Å². The molecule has 2 rings (SSSR count). The predicted octanol–water partition coefficient (Wildman–Crippen LogP) is 3.11. The lowest BCUT2D eigenvalue weighted by Crippen LogP contribution is -2.30. The van der Waals surface area contributed by atoms with Crippen molar-refractivity contribution in [3.8, 4) is 0 Å². The Hall–Kier alpha value is -0.320. The minimum Gasteiger partial charge on any atom is -0.383 e. The first-order valence-corrected chi connectivity index (χ1v) is 6.46. The van der Waals surface area contributed by atoms with E-state index in [1.54, 1.807) is 13.3 Å². The molecule has 1 fully saturated rings. The van der Waals surface area contributed by atoms with Gasteiger partial charge < -0.3 is 9.64 Å². The number of halogens is 2. The van der Waals surface area contributed by atoms with Gasteiger partial charge in [-0.2, -0.15) is 0 Å². The van der Waals surface area contributed by atoms with Gasteiger partial charge in [0.2, 0.25) is 0 Å². The molecule has 0 N–H and O–H groups in total. The van der Waals surface area contributed by atoms with Crippen LogP contribution in [-0.4, -0.2) is 31.3 Å². The largest absolute Gasteiger partial charge is 0.383 e. The van der Waals surface area contributed by atoms with Gasteiger partial charge in [-0.05, 0) is 34.8 Å². The summed E-state index contributed by atoms with van der Waals surface area (Å²) in [5.41, 5.74) is 0. The Morgan fingerprint density at radius 2 is 2.38 bits per heavy atom. The molecule has 1 heterocycles. The molecular formula is C11H14BrClN2O. The van der Waals surface area contributed by atoms with Gasteiger partial charge in [0.1, 0.15) is 5.82 Å². The average molecular weight is 306 g/mol. The van der Waals surface area contributed by atoms with Gasteiger partial charge in [0.15, 0.2) is 0 Å². The maximum atomic E-state index is 5.89. The normalized spacial score (nSPS) is 15.2. The summed E-state index contributed by atoms with van der Waals surface area (Å²) < 4.78 is 6.07. The van der Waals surface area contributed by atoms with Gasteiger partial charge in [-0.15, -0.1) is 0 Å². The first kappa shape index (κ1) is 12.1. The van der Waals surface area contributed by atoms with E-state index in [0.29, 0.717) is 17.7 Å². The SMILES string of the molecule is COCCN(c1ncc(Cl)cc1Br)C1CC1. The second kappa shape index (κ2) is 5.34. The van der Waals surface area contributed by atoms with Crippen molar-refractivity contribution in [2.45, 2.75) is 18.9 Å². The summed E-state index contributed by atoms with van der Waals surface area (Å²) >= 11 is 9.39. The summed E-state index contributed by atoms with van der Waals surface area (Å²) in [6, 6.07) is 2.49. The van der Waals surface area contributed by atoms with Gasteiger partial charge in [-0.1, -0.05) is 11.6 Å². The van der Waals surface area contributed by atoms with E-state index in [2.05, 4.69) is 25.8 Å². The average Bonchev–Trinajstić information content (AvgIpc) is 3.05. The lowest BCUT2D eigenvalue weighted by molar-refractivity contribution is 0.204. The van der Waals surface area contributed by atoms with Gasteiger partial charge in [0.05, 0.1) is 16.1 Å². The van der Waals surface area contributed by atoms with Crippen molar-refractivity contribution in [2.75, 3.05) is 25.2 Å². The highest BCUT2D eigenvalue weighted by molar-refractivity contribution is 9.10. The Bertz CT molecular complexity index is 371. The van der Waals surface area contributed by atoms with Crippen LogP contribution in [0.15, 0.2) is 16.7 Å². The zero-order valence-corrected chi connectivity index (χ0v) is 11.5. The maximum absolute atomic E-state index is 5.89. The van der Waals surface area contributed by atoms with E-state index in [0.717, 1.165) is 16.8 Å². The third kappa shape index (κ3) is 2.87. The molecule has 0 unspecified atom stereocenters. The second-order valence-electron chi connectivity index (χ2n) is 3.88. The van der Waals surface area contributed by atoms with Gasteiger partial charge in [-0.3, -0.25) is 0 Å². The number of pyridine rings is 1. The highest BCUT2D eigenvalue weighted by atomic mass is 79.9. The molecule has 1 aliphatic rings. The van der Waals surface area contributed by atoms with Gasteiger partial charge in [0.25, 0.3) is 0 Å². The third-order valence-corrected chi connectivity index (χ3v) is 3.37. The second-order valence-corrected chi connectivity index (χ2v) is 5.17. The number of methoxy groups -OCH3 is 1. The Morgan fingerprint density at radius 1 is 1.62 bits per heavy atom. The van der Waals surface area contributed by atoms with Crippen LogP contribution in [0.3, 0.4) is 0 Å². The van der Waals surface area contributed by atoms with Crippen molar-refractivity contribution in [1.29, 1.82) is 0 Å². The Labute approximate surface area is 109 Å². The number of hydrogen-bond donors (Lipinski definition) is 0. The minimum atomic E-state index is 0.611. The molecule has 0 aromatic carbocycles. The van der Waals surface area contributed by atoms with Gasteiger partial charge in [-0.25, -0.2) is 4.98 Å². The minimum absolute atomic E-state index is 0.611. The molecule has 0 aliphatic heterocycles. The Balaban J connectivity index is 2.17. The monoisotopic (exact) mass is 304 g/mol. The van der Waals surface area contributed by atoms with E-state index in [1.165, 1.54) is 12.8 Å². The molecule has 88 valence electrons. The number of nitrogens with zero attached hydrogens (tertiary/aromatic N) is 2. The van der Waals surface area contributed by atoms with Crippen molar-refractivity contribution in [3.63, 3.8) is 0 Å². The number of anilines is 1.